The number of fused-ring (bicyclic) bond motifs is 1. The molecule has 0 radical (unpaired) electrons. The lowest BCUT2D eigenvalue weighted by atomic mass is 9.97. The van der Waals surface area contributed by atoms with Gasteiger partial charge in [0.2, 0.25) is 0 Å². The van der Waals surface area contributed by atoms with E-state index in [1.807, 2.05) is 25.0 Å². The minimum atomic E-state index is 0.237. The molecule has 1 aliphatic rings. The fourth-order valence-electron chi connectivity index (χ4n) is 2.94. The molecule has 0 saturated carbocycles. The van der Waals surface area contributed by atoms with Crippen LogP contribution in [0.2, 0.25) is 0 Å². The van der Waals surface area contributed by atoms with Crippen LogP contribution in [0, 0.1) is 6.92 Å². The molecule has 0 aliphatic carbocycles. The van der Waals surface area contributed by atoms with Gasteiger partial charge in [-0.25, -0.2) is 0 Å². The monoisotopic (exact) mass is 349 g/mol. The summed E-state index contributed by atoms with van der Waals surface area (Å²) in [6, 6.07) is 4.57. The third-order valence-corrected chi connectivity index (χ3v) is 4.70. The first-order valence-corrected chi connectivity index (χ1v) is 7.99. The molecule has 1 aromatic heterocycles. The van der Waals surface area contributed by atoms with Gasteiger partial charge in [0, 0.05) is 35.2 Å². The first-order valence-electron chi connectivity index (χ1n) is 7.20. The van der Waals surface area contributed by atoms with Gasteiger partial charge >= 0.3 is 0 Å². The molecule has 1 aliphatic heterocycles. The number of benzene rings is 1. The van der Waals surface area contributed by atoms with Gasteiger partial charge in [0.1, 0.15) is 5.75 Å². The number of rotatable bonds is 4. The summed E-state index contributed by atoms with van der Waals surface area (Å²) in [6.45, 7) is 2.89. The SMILES string of the molecule is CNC(Cc1cc(Br)cc2c1OCC2)c1cnn(C)c1C. The highest BCUT2D eigenvalue weighted by molar-refractivity contribution is 9.10. The van der Waals surface area contributed by atoms with Crippen LogP contribution < -0.4 is 10.1 Å². The maximum absolute atomic E-state index is 5.83. The lowest BCUT2D eigenvalue weighted by Gasteiger charge is -2.18. The predicted molar refractivity (Wildman–Crippen MR) is 86.8 cm³/mol. The van der Waals surface area contributed by atoms with Gasteiger partial charge in [0.15, 0.2) is 0 Å². The van der Waals surface area contributed by atoms with Crippen LogP contribution in [0.5, 0.6) is 5.75 Å². The first-order chi connectivity index (χ1) is 10.1. The van der Waals surface area contributed by atoms with E-state index in [9.17, 15) is 0 Å². The number of aromatic nitrogens is 2. The van der Waals surface area contributed by atoms with Crippen molar-refractivity contribution >= 4 is 15.9 Å². The van der Waals surface area contributed by atoms with Crippen molar-refractivity contribution < 1.29 is 4.74 Å². The summed E-state index contributed by atoms with van der Waals surface area (Å²) in [6.07, 6.45) is 3.85. The zero-order chi connectivity index (χ0) is 15.0. The topological polar surface area (TPSA) is 39.1 Å². The smallest absolute Gasteiger partial charge is 0.125 e. The van der Waals surface area contributed by atoms with Crippen molar-refractivity contribution in [3.63, 3.8) is 0 Å². The van der Waals surface area contributed by atoms with E-state index in [-0.39, 0.29) is 6.04 Å². The Hall–Kier alpha value is -1.33. The minimum Gasteiger partial charge on any atom is -0.493 e. The highest BCUT2D eigenvalue weighted by Gasteiger charge is 2.22. The van der Waals surface area contributed by atoms with Gasteiger partial charge in [0.25, 0.3) is 0 Å². The number of likely N-dealkylation sites (N-methyl/N-ethyl adjacent to an activating group) is 1. The number of nitrogens with zero attached hydrogens (tertiary/aromatic N) is 2. The van der Waals surface area contributed by atoms with E-state index >= 15 is 0 Å². The molecular formula is C16H20BrN3O. The summed E-state index contributed by atoms with van der Waals surface area (Å²) in [5.74, 6) is 1.07. The van der Waals surface area contributed by atoms with Crippen LogP contribution in [-0.2, 0) is 19.9 Å². The molecule has 0 fully saturated rings. The van der Waals surface area contributed by atoms with Crippen LogP contribution in [0.3, 0.4) is 0 Å². The van der Waals surface area contributed by atoms with Crippen molar-refractivity contribution in [2.45, 2.75) is 25.8 Å². The molecule has 2 aromatic rings. The maximum atomic E-state index is 5.83. The van der Waals surface area contributed by atoms with Crippen molar-refractivity contribution in [2.24, 2.45) is 7.05 Å². The van der Waals surface area contributed by atoms with Gasteiger partial charge in [-0.15, -0.1) is 0 Å². The normalized spacial score (nSPS) is 14.9. The second-order valence-electron chi connectivity index (χ2n) is 5.51. The van der Waals surface area contributed by atoms with Crippen LogP contribution in [-0.4, -0.2) is 23.4 Å². The lowest BCUT2D eigenvalue weighted by molar-refractivity contribution is 0.352. The van der Waals surface area contributed by atoms with Crippen LogP contribution in [0.15, 0.2) is 22.8 Å². The van der Waals surface area contributed by atoms with Gasteiger partial charge < -0.3 is 10.1 Å². The minimum absolute atomic E-state index is 0.237. The number of hydrogen-bond acceptors (Lipinski definition) is 3. The molecule has 1 aromatic carbocycles. The van der Waals surface area contributed by atoms with Gasteiger partial charge in [-0.3, -0.25) is 4.68 Å². The second-order valence-corrected chi connectivity index (χ2v) is 6.42. The van der Waals surface area contributed by atoms with Crippen molar-refractivity contribution in [1.82, 2.24) is 15.1 Å². The molecular weight excluding hydrogens is 330 g/mol. The maximum Gasteiger partial charge on any atom is 0.125 e. The molecule has 2 heterocycles. The molecule has 5 heteroatoms. The van der Waals surface area contributed by atoms with Gasteiger partial charge in [-0.05, 0) is 43.7 Å². The van der Waals surface area contributed by atoms with E-state index in [2.05, 4.69) is 45.4 Å². The standard InChI is InChI=1S/C16H20BrN3O/c1-10-14(9-19-20(10)3)15(18-2)8-12-7-13(17)6-11-4-5-21-16(11)12/h6-7,9,15,18H,4-5,8H2,1-3H3. The Kier molecular flexibility index (Phi) is 4.04. The summed E-state index contributed by atoms with van der Waals surface area (Å²) in [4.78, 5) is 0. The zero-order valence-corrected chi connectivity index (χ0v) is 14.2. The molecule has 21 heavy (non-hydrogen) atoms. The number of nitrogens with one attached hydrogen (secondary N) is 1. The summed E-state index contributed by atoms with van der Waals surface area (Å²) >= 11 is 3.61. The molecule has 0 spiro atoms. The highest BCUT2D eigenvalue weighted by atomic mass is 79.9. The number of hydrogen-bond donors (Lipinski definition) is 1. The quantitative estimate of drug-likeness (QED) is 0.922. The Morgan fingerprint density at radius 3 is 2.95 bits per heavy atom. The van der Waals surface area contributed by atoms with Crippen LogP contribution in [0.1, 0.15) is 28.4 Å². The van der Waals surface area contributed by atoms with Crippen molar-refractivity contribution in [1.29, 1.82) is 0 Å². The Bertz CT molecular complexity index is 666. The lowest BCUT2D eigenvalue weighted by Crippen LogP contribution is -2.19. The molecule has 0 bridgehead atoms. The van der Waals surface area contributed by atoms with Crippen LogP contribution >= 0.6 is 15.9 Å². The van der Waals surface area contributed by atoms with Crippen LogP contribution in [0.4, 0.5) is 0 Å². The van der Waals surface area contributed by atoms with Crippen molar-refractivity contribution in [3.05, 3.63) is 45.2 Å². The summed E-state index contributed by atoms with van der Waals surface area (Å²) in [7, 11) is 3.97. The largest absolute Gasteiger partial charge is 0.493 e. The van der Waals surface area contributed by atoms with E-state index < -0.39 is 0 Å². The molecule has 3 rings (SSSR count). The molecule has 1 N–H and O–H groups in total. The number of ether oxygens (including phenoxy) is 1. The summed E-state index contributed by atoms with van der Waals surface area (Å²) in [5.41, 5.74) is 4.99. The Balaban J connectivity index is 1.93. The summed E-state index contributed by atoms with van der Waals surface area (Å²) in [5, 5.41) is 7.76. The van der Waals surface area contributed by atoms with E-state index in [1.54, 1.807) is 0 Å². The second kappa shape index (κ2) is 5.81. The van der Waals surface area contributed by atoms with Gasteiger partial charge in [0.05, 0.1) is 12.8 Å². The molecule has 1 unspecified atom stereocenters. The average Bonchev–Trinajstić information content (AvgIpc) is 3.04. The van der Waals surface area contributed by atoms with Crippen molar-refractivity contribution in [3.8, 4) is 5.75 Å². The van der Waals surface area contributed by atoms with Crippen LogP contribution in [0.25, 0.3) is 0 Å². The Morgan fingerprint density at radius 2 is 2.29 bits per heavy atom. The summed E-state index contributed by atoms with van der Waals surface area (Å²) < 4.78 is 8.87. The van der Waals surface area contributed by atoms with E-state index in [4.69, 9.17) is 4.74 Å². The van der Waals surface area contributed by atoms with E-state index in [0.717, 1.165) is 29.7 Å². The average molecular weight is 350 g/mol. The number of aryl methyl sites for hydroxylation is 1. The van der Waals surface area contributed by atoms with E-state index in [0.29, 0.717) is 0 Å². The first kappa shape index (κ1) is 14.6. The molecule has 112 valence electrons. The van der Waals surface area contributed by atoms with E-state index in [1.165, 1.54) is 22.4 Å². The molecule has 0 amide bonds. The van der Waals surface area contributed by atoms with Gasteiger partial charge in [-0.1, -0.05) is 15.9 Å². The molecule has 4 nitrogen and oxygen atoms in total. The third-order valence-electron chi connectivity index (χ3n) is 4.25. The Morgan fingerprint density at radius 1 is 1.48 bits per heavy atom. The van der Waals surface area contributed by atoms with Crippen molar-refractivity contribution in [2.75, 3.05) is 13.7 Å². The molecule has 1 atom stereocenters. The fraction of sp³-hybridized carbons (Fsp3) is 0.438. The van der Waals surface area contributed by atoms with Gasteiger partial charge in [-0.2, -0.15) is 5.10 Å². The fourth-order valence-corrected chi connectivity index (χ4v) is 3.50. The highest BCUT2D eigenvalue weighted by Crippen LogP contribution is 2.35. The third kappa shape index (κ3) is 2.72. The predicted octanol–water partition coefficient (Wildman–Crippen LogP) is 2.93. The number of halogens is 1. The Labute approximate surface area is 133 Å². The molecule has 0 saturated heterocycles. The zero-order valence-electron chi connectivity index (χ0n) is 12.6.